The van der Waals surface area contributed by atoms with Gasteiger partial charge < -0.3 is 4.74 Å². The number of thiophene rings is 1. The number of benzene rings is 1. The van der Waals surface area contributed by atoms with E-state index in [0.717, 1.165) is 27.8 Å². The average Bonchev–Trinajstić information content (AvgIpc) is 3.04. The van der Waals surface area contributed by atoms with Gasteiger partial charge >= 0.3 is 0 Å². The van der Waals surface area contributed by atoms with Crippen LogP contribution in [-0.2, 0) is 23.0 Å². The van der Waals surface area contributed by atoms with Gasteiger partial charge in [0.15, 0.2) is 0 Å². The van der Waals surface area contributed by atoms with Crippen LogP contribution < -0.4 is 9.46 Å². The van der Waals surface area contributed by atoms with Gasteiger partial charge in [-0.2, -0.15) is 0 Å². The fourth-order valence-corrected chi connectivity index (χ4v) is 6.13. The highest BCUT2D eigenvalue weighted by Crippen LogP contribution is 2.33. The molecule has 0 saturated heterocycles. The monoisotopic (exact) mass is 451 g/mol. The fraction of sp³-hybridized carbons (Fsp3) is 0.231. The minimum Gasteiger partial charge on any atom is -0.493 e. The fourth-order valence-electron chi connectivity index (χ4n) is 2.19. The van der Waals surface area contributed by atoms with Crippen LogP contribution in [0.5, 0.6) is 5.75 Å². The molecular weight excluding hydrogens is 442 g/mol. The van der Waals surface area contributed by atoms with Gasteiger partial charge in [-0.25, -0.2) is 13.1 Å². The molecule has 21 heavy (non-hydrogen) atoms. The Kier molecular flexibility index (Phi) is 4.42. The van der Waals surface area contributed by atoms with Crippen molar-refractivity contribution in [2.45, 2.75) is 17.2 Å². The maximum Gasteiger partial charge on any atom is 0.251 e. The number of hydrogen-bond donors (Lipinski definition) is 1. The van der Waals surface area contributed by atoms with Crippen LogP contribution >= 0.6 is 43.2 Å². The molecular formula is C13H11Br2NO3S2. The van der Waals surface area contributed by atoms with Crippen LogP contribution in [0.25, 0.3) is 0 Å². The topological polar surface area (TPSA) is 55.4 Å². The van der Waals surface area contributed by atoms with E-state index in [4.69, 9.17) is 4.74 Å². The lowest BCUT2D eigenvalue weighted by Gasteiger charge is -2.10. The average molecular weight is 453 g/mol. The Hall–Kier alpha value is -0.410. The zero-order valence-corrected chi connectivity index (χ0v) is 15.5. The molecule has 1 N–H and O–H groups in total. The molecule has 4 nitrogen and oxygen atoms in total. The Morgan fingerprint density at radius 1 is 1.33 bits per heavy atom. The molecule has 1 aromatic heterocycles. The van der Waals surface area contributed by atoms with Crippen LogP contribution in [0.2, 0.25) is 0 Å². The first-order chi connectivity index (χ1) is 9.97. The SMILES string of the molecule is O=S(=O)(NCc1cc(Br)cc2c1OCC2)c1sccc1Br. The maximum atomic E-state index is 12.3. The zero-order valence-electron chi connectivity index (χ0n) is 10.7. The minimum absolute atomic E-state index is 0.203. The normalized spacial score (nSPS) is 14.0. The molecule has 1 aliphatic heterocycles. The molecule has 0 amide bonds. The lowest BCUT2D eigenvalue weighted by atomic mass is 10.1. The molecule has 2 aromatic rings. The van der Waals surface area contributed by atoms with Crippen LogP contribution in [0, 0.1) is 0 Å². The minimum atomic E-state index is -3.53. The van der Waals surface area contributed by atoms with Gasteiger partial charge in [0.1, 0.15) is 9.96 Å². The highest BCUT2D eigenvalue weighted by molar-refractivity contribution is 9.10. The highest BCUT2D eigenvalue weighted by Gasteiger charge is 2.22. The van der Waals surface area contributed by atoms with E-state index in [1.54, 1.807) is 11.4 Å². The molecule has 112 valence electrons. The first kappa shape index (κ1) is 15.5. The van der Waals surface area contributed by atoms with Crippen molar-refractivity contribution in [1.82, 2.24) is 4.72 Å². The summed E-state index contributed by atoms with van der Waals surface area (Å²) in [6.45, 7) is 0.844. The Morgan fingerprint density at radius 2 is 2.14 bits per heavy atom. The van der Waals surface area contributed by atoms with Gasteiger partial charge in [-0.3, -0.25) is 0 Å². The molecule has 0 saturated carbocycles. The lowest BCUT2D eigenvalue weighted by Crippen LogP contribution is -2.23. The molecule has 0 radical (unpaired) electrons. The van der Waals surface area contributed by atoms with Crippen molar-refractivity contribution in [2.75, 3.05) is 6.61 Å². The number of rotatable bonds is 4. The second-order valence-corrected chi connectivity index (χ2v) is 9.18. The summed E-state index contributed by atoms with van der Waals surface area (Å²) in [5.74, 6) is 0.797. The first-order valence-corrected chi connectivity index (χ1v) is 10.1. The van der Waals surface area contributed by atoms with E-state index in [1.165, 1.54) is 11.3 Å². The third-order valence-corrected chi connectivity index (χ3v) is 7.64. The summed E-state index contributed by atoms with van der Waals surface area (Å²) in [5, 5.41) is 1.73. The third kappa shape index (κ3) is 3.19. The summed E-state index contributed by atoms with van der Waals surface area (Å²) in [6, 6.07) is 5.62. The Bertz CT molecular complexity index is 787. The summed E-state index contributed by atoms with van der Waals surface area (Å²) in [6.07, 6.45) is 0.852. The standard InChI is InChI=1S/C13H11Br2NO3S2/c14-10-5-8-1-3-19-12(8)9(6-10)7-16-21(17,18)13-11(15)2-4-20-13/h2,4-6,16H,1,3,7H2. The molecule has 0 fully saturated rings. The van der Waals surface area contributed by atoms with E-state index in [2.05, 4.69) is 36.6 Å². The second kappa shape index (κ2) is 6.00. The van der Waals surface area contributed by atoms with Crippen molar-refractivity contribution >= 4 is 53.2 Å². The largest absolute Gasteiger partial charge is 0.493 e. The molecule has 0 aliphatic carbocycles. The van der Waals surface area contributed by atoms with Gasteiger partial charge in [-0.05, 0) is 45.1 Å². The molecule has 1 aromatic carbocycles. The molecule has 3 rings (SSSR count). The van der Waals surface area contributed by atoms with E-state index in [0.29, 0.717) is 11.1 Å². The molecule has 2 heterocycles. The number of fused-ring (bicyclic) bond motifs is 1. The predicted octanol–water partition coefficient (Wildman–Crippen LogP) is 3.69. The number of hydrogen-bond acceptors (Lipinski definition) is 4. The Balaban J connectivity index is 1.85. The Labute approximate surface area is 143 Å². The van der Waals surface area contributed by atoms with E-state index < -0.39 is 10.0 Å². The van der Waals surface area contributed by atoms with E-state index in [1.807, 2.05) is 12.1 Å². The van der Waals surface area contributed by atoms with Crippen molar-refractivity contribution in [2.24, 2.45) is 0 Å². The van der Waals surface area contributed by atoms with E-state index >= 15 is 0 Å². The van der Waals surface area contributed by atoms with E-state index in [9.17, 15) is 8.42 Å². The van der Waals surface area contributed by atoms with Gasteiger partial charge in [0.2, 0.25) is 0 Å². The van der Waals surface area contributed by atoms with Crippen molar-refractivity contribution < 1.29 is 13.2 Å². The van der Waals surface area contributed by atoms with Crippen LogP contribution in [0.4, 0.5) is 0 Å². The number of sulfonamides is 1. The summed E-state index contributed by atoms with van der Waals surface area (Å²) >= 11 is 7.88. The number of ether oxygens (including phenoxy) is 1. The van der Waals surface area contributed by atoms with Gasteiger partial charge in [0, 0.05) is 27.5 Å². The summed E-state index contributed by atoms with van der Waals surface area (Å²) < 4.78 is 34.6. The second-order valence-electron chi connectivity index (χ2n) is 4.53. The van der Waals surface area contributed by atoms with E-state index in [-0.39, 0.29) is 10.8 Å². The van der Waals surface area contributed by atoms with Crippen LogP contribution in [0.15, 0.2) is 36.7 Å². The molecule has 0 atom stereocenters. The molecule has 1 aliphatic rings. The first-order valence-electron chi connectivity index (χ1n) is 6.14. The van der Waals surface area contributed by atoms with Crippen molar-refractivity contribution in [3.05, 3.63) is 43.7 Å². The van der Waals surface area contributed by atoms with Crippen molar-refractivity contribution in [3.63, 3.8) is 0 Å². The van der Waals surface area contributed by atoms with Crippen LogP contribution in [0.1, 0.15) is 11.1 Å². The van der Waals surface area contributed by atoms with Crippen molar-refractivity contribution in [1.29, 1.82) is 0 Å². The highest BCUT2D eigenvalue weighted by atomic mass is 79.9. The van der Waals surface area contributed by atoms with Crippen LogP contribution in [-0.4, -0.2) is 15.0 Å². The summed E-state index contributed by atoms with van der Waals surface area (Å²) in [7, 11) is -3.53. The third-order valence-electron chi connectivity index (χ3n) is 3.11. The summed E-state index contributed by atoms with van der Waals surface area (Å²) in [5.41, 5.74) is 1.95. The lowest BCUT2D eigenvalue weighted by molar-refractivity contribution is 0.353. The van der Waals surface area contributed by atoms with Gasteiger partial charge in [-0.15, -0.1) is 11.3 Å². The number of nitrogens with one attached hydrogen (secondary N) is 1. The predicted molar refractivity (Wildman–Crippen MR) is 89.4 cm³/mol. The van der Waals surface area contributed by atoms with Crippen molar-refractivity contribution in [3.8, 4) is 5.75 Å². The van der Waals surface area contributed by atoms with Gasteiger partial charge in [0.05, 0.1) is 6.61 Å². The zero-order chi connectivity index (χ0) is 15.0. The quantitative estimate of drug-likeness (QED) is 0.769. The number of halogens is 2. The maximum absolute atomic E-state index is 12.3. The molecule has 0 spiro atoms. The van der Waals surface area contributed by atoms with Gasteiger partial charge in [0.25, 0.3) is 10.0 Å². The molecule has 0 bridgehead atoms. The van der Waals surface area contributed by atoms with Crippen LogP contribution in [0.3, 0.4) is 0 Å². The Morgan fingerprint density at radius 3 is 2.86 bits per heavy atom. The smallest absolute Gasteiger partial charge is 0.251 e. The molecule has 0 unspecified atom stereocenters. The van der Waals surface area contributed by atoms with Gasteiger partial charge in [-0.1, -0.05) is 15.9 Å². The summed E-state index contributed by atoms with van der Waals surface area (Å²) in [4.78, 5) is 0. The molecule has 8 heteroatoms.